The summed E-state index contributed by atoms with van der Waals surface area (Å²) in [6.45, 7) is 16.8. The van der Waals surface area contributed by atoms with Crippen molar-refractivity contribution in [2.75, 3.05) is 7.11 Å². The minimum absolute atomic E-state index is 0.169. The highest BCUT2D eigenvalue weighted by molar-refractivity contribution is 5.90. The molecule has 132 valence electrons. The van der Waals surface area contributed by atoms with E-state index in [0.29, 0.717) is 28.0 Å². The van der Waals surface area contributed by atoms with Crippen molar-refractivity contribution in [2.24, 2.45) is 0 Å². The molecule has 0 atom stereocenters. The first kappa shape index (κ1) is 20.5. The molecule has 0 unspecified atom stereocenters. The SMILES string of the molecule is C=C(C#N)/C=C\C(=C)C(=C)/C=C\C(=C)OC(=O)c1ccc(OC)c(C)c1. The second kappa shape index (κ2) is 9.65. The molecule has 0 N–H and O–H groups in total. The Morgan fingerprint density at radius 2 is 1.69 bits per heavy atom. The number of methoxy groups -OCH3 is 1. The molecule has 0 aliphatic carbocycles. The lowest BCUT2D eigenvalue weighted by molar-refractivity contribution is 0.0638. The minimum atomic E-state index is -0.514. The van der Waals surface area contributed by atoms with Crippen molar-refractivity contribution in [2.45, 2.75) is 6.92 Å². The fraction of sp³-hybridized carbons (Fsp3) is 0.0909. The molecule has 0 saturated heterocycles. The smallest absolute Gasteiger partial charge is 0.343 e. The standard InChI is InChI=1S/C22H21NO3/c1-15(14-23)7-8-16(2)17(3)9-10-19(5)26-22(24)20-11-12-21(25-6)18(4)13-20/h7-13H,1-3,5H2,4,6H3/b8-7-,10-9-. The summed E-state index contributed by atoms with van der Waals surface area (Å²) in [6, 6.07) is 6.92. The summed E-state index contributed by atoms with van der Waals surface area (Å²) < 4.78 is 10.4. The van der Waals surface area contributed by atoms with Crippen molar-refractivity contribution >= 4 is 5.97 Å². The van der Waals surface area contributed by atoms with Crippen LogP contribution in [0.5, 0.6) is 5.75 Å². The molecule has 0 aliphatic rings. The predicted octanol–water partition coefficient (Wildman–Crippen LogP) is 4.98. The summed E-state index contributed by atoms with van der Waals surface area (Å²) >= 11 is 0. The van der Waals surface area contributed by atoms with Crippen molar-refractivity contribution in [3.63, 3.8) is 0 Å². The lowest BCUT2D eigenvalue weighted by atomic mass is 10.1. The number of allylic oxidation sites excluding steroid dienone is 7. The van der Waals surface area contributed by atoms with E-state index in [1.165, 1.54) is 6.08 Å². The number of benzene rings is 1. The highest BCUT2D eigenvalue weighted by atomic mass is 16.5. The first-order valence-corrected chi connectivity index (χ1v) is 7.67. The number of carbonyl (C=O) groups excluding carboxylic acids is 1. The fourth-order valence-corrected chi connectivity index (χ4v) is 1.86. The molecule has 0 bridgehead atoms. The molecule has 4 heteroatoms. The number of rotatable bonds is 8. The van der Waals surface area contributed by atoms with Gasteiger partial charge in [-0.05, 0) is 54.0 Å². The van der Waals surface area contributed by atoms with E-state index < -0.39 is 5.97 Å². The number of nitriles is 1. The lowest BCUT2D eigenvalue weighted by Crippen LogP contribution is -2.04. The highest BCUT2D eigenvalue weighted by Gasteiger charge is 2.10. The van der Waals surface area contributed by atoms with E-state index in [4.69, 9.17) is 14.7 Å². The molecule has 0 spiro atoms. The lowest BCUT2D eigenvalue weighted by Gasteiger charge is -2.08. The van der Waals surface area contributed by atoms with Crippen LogP contribution in [-0.4, -0.2) is 13.1 Å². The number of ether oxygens (including phenoxy) is 2. The maximum atomic E-state index is 12.1. The molecule has 4 nitrogen and oxygen atoms in total. The van der Waals surface area contributed by atoms with Crippen molar-refractivity contribution in [1.82, 2.24) is 0 Å². The van der Waals surface area contributed by atoms with Gasteiger partial charge in [-0.2, -0.15) is 5.26 Å². The second-order valence-electron chi connectivity index (χ2n) is 5.39. The average molecular weight is 347 g/mol. The van der Waals surface area contributed by atoms with Crippen LogP contribution in [0.3, 0.4) is 0 Å². The van der Waals surface area contributed by atoms with Gasteiger partial charge in [0.1, 0.15) is 11.5 Å². The maximum absolute atomic E-state index is 12.1. The van der Waals surface area contributed by atoms with E-state index in [9.17, 15) is 4.79 Å². The van der Waals surface area contributed by atoms with E-state index in [1.807, 2.05) is 13.0 Å². The normalized spacial score (nSPS) is 10.3. The van der Waals surface area contributed by atoms with Crippen LogP contribution < -0.4 is 4.74 Å². The van der Waals surface area contributed by atoms with Crippen LogP contribution in [0, 0.1) is 18.3 Å². The number of aryl methyl sites for hydroxylation is 1. The highest BCUT2D eigenvalue weighted by Crippen LogP contribution is 2.19. The van der Waals surface area contributed by atoms with Crippen molar-refractivity contribution in [3.05, 3.63) is 102 Å². The molecule has 0 aromatic heterocycles. The van der Waals surface area contributed by atoms with Gasteiger partial charge in [-0.25, -0.2) is 4.79 Å². The Balaban J connectivity index is 2.68. The number of carbonyl (C=O) groups is 1. The molecular weight excluding hydrogens is 326 g/mol. The maximum Gasteiger partial charge on any atom is 0.343 e. The van der Waals surface area contributed by atoms with Crippen LogP contribution in [-0.2, 0) is 4.74 Å². The molecule has 0 saturated carbocycles. The third-order valence-electron chi connectivity index (χ3n) is 3.37. The van der Waals surface area contributed by atoms with Gasteiger partial charge >= 0.3 is 5.97 Å². The van der Waals surface area contributed by atoms with Crippen molar-refractivity contribution in [3.8, 4) is 11.8 Å². The second-order valence-corrected chi connectivity index (χ2v) is 5.39. The van der Waals surface area contributed by atoms with Crippen molar-refractivity contribution < 1.29 is 14.3 Å². The van der Waals surface area contributed by atoms with Crippen LogP contribution in [0.2, 0.25) is 0 Å². The summed E-state index contributed by atoms with van der Waals surface area (Å²) in [4.78, 5) is 12.1. The summed E-state index contributed by atoms with van der Waals surface area (Å²) in [5.41, 5.74) is 2.74. The molecule has 1 rings (SSSR count). The number of hydrogen-bond donors (Lipinski definition) is 0. The number of esters is 1. The quantitative estimate of drug-likeness (QED) is 0.288. The van der Waals surface area contributed by atoms with Gasteiger partial charge in [0.15, 0.2) is 0 Å². The Hall–Kier alpha value is -3.58. The summed E-state index contributed by atoms with van der Waals surface area (Å²) in [5, 5.41) is 8.65. The Kier molecular flexibility index (Phi) is 7.60. The van der Waals surface area contributed by atoms with E-state index in [1.54, 1.807) is 43.5 Å². The number of nitrogens with zero attached hydrogens (tertiary/aromatic N) is 1. The molecule has 0 radical (unpaired) electrons. The monoisotopic (exact) mass is 347 g/mol. The summed E-state index contributed by atoms with van der Waals surface area (Å²) in [6.07, 6.45) is 6.32. The van der Waals surface area contributed by atoms with E-state index in [0.717, 1.165) is 5.56 Å². The Morgan fingerprint density at radius 3 is 2.23 bits per heavy atom. The molecule has 26 heavy (non-hydrogen) atoms. The molecular formula is C22H21NO3. The summed E-state index contributed by atoms with van der Waals surface area (Å²) in [5.74, 6) is 0.352. The molecule has 1 aromatic rings. The zero-order chi connectivity index (χ0) is 19.7. The largest absolute Gasteiger partial charge is 0.496 e. The molecule has 0 aliphatic heterocycles. The number of hydrogen-bond acceptors (Lipinski definition) is 4. The Labute approximate surface area is 154 Å². The zero-order valence-corrected chi connectivity index (χ0v) is 15.0. The van der Waals surface area contributed by atoms with Gasteiger partial charge in [0, 0.05) is 5.57 Å². The minimum Gasteiger partial charge on any atom is -0.496 e. The van der Waals surface area contributed by atoms with Crippen LogP contribution in [0.4, 0.5) is 0 Å². The van der Waals surface area contributed by atoms with Gasteiger partial charge in [-0.3, -0.25) is 0 Å². The first-order valence-electron chi connectivity index (χ1n) is 7.67. The third-order valence-corrected chi connectivity index (χ3v) is 3.37. The van der Waals surface area contributed by atoms with Gasteiger partial charge < -0.3 is 9.47 Å². The van der Waals surface area contributed by atoms with Crippen LogP contribution in [0.1, 0.15) is 15.9 Å². The molecule has 0 fully saturated rings. The van der Waals surface area contributed by atoms with E-state index in [2.05, 4.69) is 26.3 Å². The van der Waals surface area contributed by atoms with Crippen LogP contribution in [0.15, 0.2) is 91.3 Å². The Morgan fingerprint density at radius 1 is 1.08 bits per heavy atom. The van der Waals surface area contributed by atoms with Gasteiger partial charge in [0.25, 0.3) is 0 Å². The first-order chi connectivity index (χ1) is 12.3. The predicted molar refractivity (Wildman–Crippen MR) is 104 cm³/mol. The third kappa shape index (κ3) is 6.14. The van der Waals surface area contributed by atoms with Crippen LogP contribution >= 0.6 is 0 Å². The fourth-order valence-electron chi connectivity index (χ4n) is 1.86. The zero-order valence-electron chi connectivity index (χ0n) is 15.0. The van der Waals surface area contributed by atoms with Gasteiger partial charge in [-0.1, -0.05) is 38.5 Å². The molecule has 1 aromatic carbocycles. The summed E-state index contributed by atoms with van der Waals surface area (Å²) in [7, 11) is 1.57. The van der Waals surface area contributed by atoms with Crippen molar-refractivity contribution in [1.29, 1.82) is 5.26 Å². The van der Waals surface area contributed by atoms with E-state index in [-0.39, 0.29) is 5.76 Å². The van der Waals surface area contributed by atoms with Gasteiger partial charge in [-0.15, -0.1) is 0 Å². The molecule has 0 amide bonds. The van der Waals surface area contributed by atoms with Crippen LogP contribution in [0.25, 0.3) is 0 Å². The topological polar surface area (TPSA) is 59.3 Å². The van der Waals surface area contributed by atoms with E-state index >= 15 is 0 Å². The Bertz CT molecular complexity index is 864. The average Bonchev–Trinajstić information content (AvgIpc) is 2.63. The van der Waals surface area contributed by atoms with Gasteiger partial charge in [0.05, 0.1) is 18.7 Å². The molecule has 0 heterocycles. The van der Waals surface area contributed by atoms with Gasteiger partial charge in [0.2, 0.25) is 0 Å².